The van der Waals surface area contributed by atoms with E-state index in [0.717, 1.165) is 19.4 Å². The highest BCUT2D eigenvalue weighted by atomic mass is 16.5. The zero-order valence-corrected chi connectivity index (χ0v) is 8.13. The van der Waals surface area contributed by atoms with Crippen LogP contribution in [0.4, 0.5) is 0 Å². The first-order valence-electron chi connectivity index (χ1n) is 4.33. The summed E-state index contributed by atoms with van der Waals surface area (Å²) in [6, 6.07) is 0. The lowest BCUT2D eigenvalue weighted by atomic mass is 10.0. The molecular formula is C9H18O3. The van der Waals surface area contributed by atoms with E-state index in [4.69, 9.17) is 9.47 Å². The van der Waals surface area contributed by atoms with Crippen molar-refractivity contribution >= 4 is 5.97 Å². The second-order valence-electron chi connectivity index (χ2n) is 2.86. The van der Waals surface area contributed by atoms with Gasteiger partial charge in [0.1, 0.15) is 0 Å². The van der Waals surface area contributed by atoms with E-state index in [1.165, 1.54) is 6.92 Å². The molecule has 72 valence electrons. The van der Waals surface area contributed by atoms with E-state index in [1.807, 2.05) is 0 Å². The van der Waals surface area contributed by atoms with Gasteiger partial charge in [-0.1, -0.05) is 6.92 Å². The van der Waals surface area contributed by atoms with Gasteiger partial charge in [0.25, 0.3) is 0 Å². The second-order valence-corrected chi connectivity index (χ2v) is 2.86. The number of rotatable bonds is 6. The summed E-state index contributed by atoms with van der Waals surface area (Å²) < 4.78 is 9.84. The van der Waals surface area contributed by atoms with Crippen molar-refractivity contribution < 1.29 is 14.3 Å². The summed E-state index contributed by atoms with van der Waals surface area (Å²) in [5.74, 6) is 0.236. The highest BCUT2D eigenvalue weighted by Crippen LogP contribution is 2.08. The molecule has 0 bridgehead atoms. The van der Waals surface area contributed by atoms with Gasteiger partial charge in [0.2, 0.25) is 0 Å². The van der Waals surface area contributed by atoms with Crippen molar-refractivity contribution in [2.45, 2.75) is 26.7 Å². The van der Waals surface area contributed by atoms with Crippen LogP contribution in [0.5, 0.6) is 0 Å². The van der Waals surface area contributed by atoms with E-state index in [2.05, 4.69) is 6.92 Å². The Morgan fingerprint density at radius 1 is 1.50 bits per heavy atom. The molecule has 0 saturated carbocycles. The van der Waals surface area contributed by atoms with Crippen LogP contribution in [-0.4, -0.2) is 26.3 Å². The van der Waals surface area contributed by atoms with Crippen LogP contribution in [0, 0.1) is 5.92 Å². The first kappa shape index (κ1) is 11.4. The van der Waals surface area contributed by atoms with Crippen LogP contribution in [0.25, 0.3) is 0 Å². The lowest BCUT2D eigenvalue weighted by Crippen LogP contribution is -2.13. The minimum absolute atomic E-state index is 0.203. The fourth-order valence-electron chi connectivity index (χ4n) is 0.925. The fourth-order valence-corrected chi connectivity index (χ4v) is 0.925. The standard InChI is InChI=1S/C9H18O3/c1-4-9(5-6-11-3)7-12-8(2)10/h9H,4-7H2,1-3H3/t9-/m0/s1. The first-order chi connectivity index (χ1) is 5.70. The average molecular weight is 174 g/mol. The summed E-state index contributed by atoms with van der Waals surface area (Å²) in [6.45, 7) is 4.78. The number of carbonyl (C=O) groups is 1. The number of hydrogen-bond acceptors (Lipinski definition) is 3. The summed E-state index contributed by atoms with van der Waals surface area (Å²) in [6.07, 6.45) is 1.98. The lowest BCUT2D eigenvalue weighted by Gasteiger charge is -2.13. The molecule has 0 aromatic carbocycles. The van der Waals surface area contributed by atoms with Gasteiger partial charge in [0.15, 0.2) is 0 Å². The Bertz CT molecular complexity index is 123. The van der Waals surface area contributed by atoms with Crippen LogP contribution >= 0.6 is 0 Å². The van der Waals surface area contributed by atoms with E-state index >= 15 is 0 Å². The third-order valence-electron chi connectivity index (χ3n) is 1.83. The maximum absolute atomic E-state index is 10.5. The molecule has 0 N–H and O–H groups in total. The Morgan fingerprint density at radius 3 is 2.58 bits per heavy atom. The number of carbonyl (C=O) groups excluding carboxylic acids is 1. The van der Waals surface area contributed by atoms with Crippen molar-refractivity contribution in [1.29, 1.82) is 0 Å². The number of esters is 1. The second kappa shape index (κ2) is 7.10. The smallest absolute Gasteiger partial charge is 0.302 e. The lowest BCUT2D eigenvalue weighted by molar-refractivity contribution is -0.142. The molecule has 0 saturated heterocycles. The van der Waals surface area contributed by atoms with E-state index in [1.54, 1.807) is 7.11 Å². The molecule has 0 rings (SSSR count). The Hall–Kier alpha value is -0.570. The fraction of sp³-hybridized carbons (Fsp3) is 0.889. The van der Waals surface area contributed by atoms with Gasteiger partial charge in [-0.15, -0.1) is 0 Å². The molecular weight excluding hydrogens is 156 g/mol. The third kappa shape index (κ3) is 6.16. The molecule has 0 heterocycles. The summed E-state index contributed by atoms with van der Waals surface area (Å²) in [5, 5.41) is 0. The molecule has 3 heteroatoms. The Labute approximate surface area is 74.0 Å². The number of ether oxygens (including phenoxy) is 2. The normalized spacial score (nSPS) is 12.6. The molecule has 12 heavy (non-hydrogen) atoms. The molecule has 1 atom stereocenters. The molecule has 0 aliphatic heterocycles. The summed E-state index contributed by atoms with van der Waals surface area (Å²) >= 11 is 0. The van der Waals surface area contributed by atoms with Crippen molar-refractivity contribution in [2.24, 2.45) is 5.92 Å². The van der Waals surface area contributed by atoms with Gasteiger partial charge >= 0.3 is 5.97 Å². The average Bonchev–Trinajstić information content (AvgIpc) is 2.05. The minimum atomic E-state index is -0.203. The Balaban J connectivity index is 3.45. The van der Waals surface area contributed by atoms with Crippen LogP contribution in [-0.2, 0) is 14.3 Å². The van der Waals surface area contributed by atoms with Gasteiger partial charge in [-0.2, -0.15) is 0 Å². The van der Waals surface area contributed by atoms with E-state index in [9.17, 15) is 4.79 Å². The molecule has 0 spiro atoms. The number of hydrogen-bond donors (Lipinski definition) is 0. The van der Waals surface area contributed by atoms with Crippen molar-refractivity contribution in [3.8, 4) is 0 Å². The van der Waals surface area contributed by atoms with Crippen LogP contribution < -0.4 is 0 Å². The Morgan fingerprint density at radius 2 is 2.17 bits per heavy atom. The van der Waals surface area contributed by atoms with Crippen molar-refractivity contribution in [2.75, 3.05) is 20.3 Å². The van der Waals surface area contributed by atoms with Crippen LogP contribution in [0.3, 0.4) is 0 Å². The molecule has 0 aromatic rings. The monoisotopic (exact) mass is 174 g/mol. The summed E-state index contributed by atoms with van der Waals surface area (Å²) in [4.78, 5) is 10.5. The number of methoxy groups -OCH3 is 1. The predicted octanol–water partition coefficient (Wildman–Crippen LogP) is 1.61. The molecule has 0 radical (unpaired) electrons. The van der Waals surface area contributed by atoms with Gasteiger partial charge in [0.05, 0.1) is 6.61 Å². The topological polar surface area (TPSA) is 35.5 Å². The van der Waals surface area contributed by atoms with Crippen LogP contribution in [0.1, 0.15) is 26.7 Å². The maximum Gasteiger partial charge on any atom is 0.302 e. The predicted molar refractivity (Wildman–Crippen MR) is 46.9 cm³/mol. The highest BCUT2D eigenvalue weighted by Gasteiger charge is 2.07. The molecule has 0 aromatic heterocycles. The molecule has 3 nitrogen and oxygen atoms in total. The molecule has 0 unspecified atom stereocenters. The first-order valence-corrected chi connectivity index (χ1v) is 4.33. The molecule has 0 amide bonds. The van der Waals surface area contributed by atoms with E-state index < -0.39 is 0 Å². The van der Waals surface area contributed by atoms with Crippen molar-refractivity contribution in [3.63, 3.8) is 0 Å². The zero-order valence-electron chi connectivity index (χ0n) is 8.13. The molecule has 0 aliphatic rings. The van der Waals surface area contributed by atoms with Crippen LogP contribution in [0.2, 0.25) is 0 Å². The van der Waals surface area contributed by atoms with Crippen molar-refractivity contribution in [3.05, 3.63) is 0 Å². The highest BCUT2D eigenvalue weighted by molar-refractivity contribution is 5.65. The van der Waals surface area contributed by atoms with Gasteiger partial charge in [-0.3, -0.25) is 4.79 Å². The van der Waals surface area contributed by atoms with Gasteiger partial charge in [-0.25, -0.2) is 0 Å². The summed E-state index contributed by atoms with van der Waals surface area (Å²) in [5.41, 5.74) is 0. The van der Waals surface area contributed by atoms with Gasteiger partial charge < -0.3 is 9.47 Å². The van der Waals surface area contributed by atoms with Crippen LogP contribution in [0.15, 0.2) is 0 Å². The SMILES string of the molecule is CC[C@@H](CCOC)COC(C)=O. The quantitative estimate of drug-likeness (QED) is 0.574. The Kier molecular flexibility index (Phi) is 6.76. The van der Waals surface area contributed by atoms with E-state index in [0.29, 0.717) is 12.5 Å². The zero-order chi connectivity index (χ0) is 9.40. The van der Waals surface area contributed by atoms with Gasteiger partial charge in [0, 0.05) is 20.6 Å². The third-order valence-corrected chi connectivity index (χ3v) is 1.83. The maximum atomic E-state index is 10.5. The molecule has 0 fully saturated rings. The minimum Gasteiger partial charge on any atom is -0.466 e. The largest absolute Gasteiger partial charge is 0.466 e. The summed E-state index contributed by atoms with van der Waals surface area (Å²) in [7, 11) is 1.68. The molecule has 0 aliphatic carbocycles. The van der Waals surface area contributed by atoms with Crippen molar-refractivity contribution in [1.82, 2.24) is 0 Å². The van der Waals surface area contributed by atoms with E-state index in [-0.39, 0.29) is 5.97 Å². The van der Waals surface area contributed by atoms with Gasteiger partial charge in [-0.05, 0) is 18.8 Å².